The van der Waals surface area contributed by atoms with Crippen LogP contribution >= 0.6 is 24.0 Å². The van der Waals surface area contributed by atoms with Gasteiger partial charge in [-0.3, -0.25) is 4.79 Å². The second-order valence-corrected chi connectivity index (χ2v) is 7.04. The number of amides is 1. The Morgan fingerprint density at radius 3 is 2.13 bits per heavy atom. The molecule has 1 aliphatic heterocycles. The quantitative estimate of drug-likeness (QED) is 0.348. The Morgan fingerprint density at radius 1 is 0.900 bits per heavy atom. The zero-order valence-electron chi connectivity index (χ0n) is 17.8. The fourth-order valence-electron chi connectivity index (χ4n) is 3.43. The van der Waals surface area contributed by atoms with Crippen LogP contribution in [0.25, 0.3) is 0 Å². The first-order valence-corrected chi connectivity index (χ1v) is 10.4. The largest absolute Gasteiger partial charge is 0.368 e. The molecule has 1 fully saturated rings. The molecule has 2 N–H and O–H groups in total. The fourth-order valence-corrected chi connectivity index (χ4v) is 3.43. The first-order chi connectivity index (χ1) is 14.2. The van der Waals surface area contributed by atoms with E-state index in [9.17, 15) is 4.79 Å². The molecule has 0 aliphatic carbocycles. The van der Waals surface area contributed by atoms with Gasteiger partial charge in [0.1, 0.15) is 0 Å². The van der Waals surface area contributed by atoms with Gasteiger partial charge in [-0.2, -0.15) is 0 Å². The van der Waals surface area contributed by atoms with E-state index in [-0.39, 0.29) is 29.9 Å². The molecule has 6 nitrogen and oxygen atoms in total. The Morgan fingerprint density at radius 2 is 1.53 bits per heavy atom. The van der Waals surface area contributed by atoms with Crippen LogP contribution in [0.3, 0.4) is 0 Å². The lowest BCUT2D eigenvalue weighted by Gasteiger charge is -2.37. The molecule has 3 rings (SSSR count). The van der Waals surface area contributed by atoms with Gasteiger partial charge in [-0.05, 0) is 43.7 Å². The van der Waals surface area contributed by atoms with Crippen LogP contribution in [0.1, 0.15) is 29.8 Å². The normalized spacial score (nSPS) is 14.1. The van der Waals surface area contributed by atoms with Crippen LogP contribution in [0, 0.1) is 0 Å². The maximum absolute atomic E-state index is 11.9. The molecule has 1 heterocycles. The van der Waals surface area contributed by atoms with Crippen molar-refractivity contribution in [2.75, 3.05) is 44.2 Å². The Balaban J connectivity index is 0.00000320. The lowest BCUT2D eigenvalue weighted by atomic mass is 10.1. The minimum Gasteiger partial charge on any atom is -0.368 e. The Kier molecular flexibility index (Phi) is 9.93. The van der Waals surface area contributed by atoms with E-state index in [1.165, 1.54) is 5.69 Å². The second-order valence-electron chi connectivity index (χ2n) is 7.04. The van der Waals surface area contributed by atoms with Crippen molar-refractivity contribution in [2.24, 2.45) is 4.99 Å². The molecule has 0 aromatic heterocycles. The van der Waals surface area contributed by atoms with E-state index in [1.807, 2.05) is 31.2 Å². The maximum atomic E-state index is 11.9. The van der Waals surface area contributed by atoms with Crippen molar-refractivity contribution in [3.8, 4) is 0 Å². The number of nitrogens with zero attached hydrogens (tertiary/aromatic N) is 3. The van der Waals surface area contributed by atoms with Gasteiger partial charge >= 0.3 is 0 Å². The number of hydrogen-bond donors (Lipinski definition) is 2. The number of guanidine groups is 1. The highest BCUT2D eigenvalue weighted by atomic mass is 127. The van der Waals surface area contributed by atoms with Crippen molar-refractivity contribution in [1.29, 1.82) is 0 Å². The summed E-state index contributed by atoms with van der Waals surface area (Å²) in [6.07, 6.45) is 0. The van der Waals surface area contributed by atoms with Gasteiger partial charge in [0.15, 0.2) is 5.96 Å². The molecule has 0 atom stereocenters. The average Bonchev–Trinajstić information content (AvgIpc) is 2.78. The predicted octanol–water partition coefficient (Wildman–Crippen LogP) is 3.34. The third-order valence-corrected chi connectivity index (χ3v) is 5.00. The van der Waals surface area contributed by atoms with Gasteiger partial charge in [0.25, 0.3) is 5.91 Å². The zero-order valence-corrected chi connectivity index (χ0v) is 20.1. The van der Waals surface area contributed by atoms with Crippen molar-refractivity contribution < 1.29 is 4.79 Å². The number of benzene rings is 2. The van der Waals surface area contributed by atoms with Gasteiger partial charge in [0.05, 0.1) is 6.54 Å². The summed E-state index contributed by atoms with van der Waals surface area (Å²) < 4.78 is 0. The molecule has 2 aromatic rings. The molecule has 1 amide bonds. The lowest BCUT2D eigenvalue weighted by molar-refractivity contribution is 0.0956. The molecule has 1 aliphatic rings. The van der Waals surface area contributed by atoms with E-state index in [4.69, 9.17) is 4.99 Å². The number of rotatable bonds is 6. The van der Waals surface area contributed by atoms with Crippen molar-refractivity contribution in [3.63, 3.8) is 0 Å². The highest BCUT2D eigenvalue weighted by Gasteiger charge is 2.19. The molecule has 162 valence electrons. The average molecular weight is 521 g/mol. The molecule has 30 heavy (non-hydrogen) atoms. The van der Waals surface area contributed by atoms with Crippen molar-refractivity contribution in [1.82, 2.24) is 15.5 Å². The van der Waals surface area contributed by atoms with Crippen LogP contribution < -0.4 is 15.5 Å². The number of para-hydroxylation sites is 1. The van der Waals surface area contributed by atoms with E-state index in [0.717, 1.165) is 44.2 Å². The molecule has 0 radical (unpaired) electrons. The first kappa shape index (κ1) is 24.0. The van der Waals surface area contributed by atoms with Gasteiger partial charge in [-0.25, -0.2) is 4.99 Å². The zero-order chi connectivity index (χ0) is 20.5. The number of aliphatic imine (C=N–C) groups is 1. The summed E-state index contributed by atoms with van der Waals surface area (Å²) >= 11 is 0. The summed E-state index contributed by atoms with van der Waals surface area (Å²) in [5.41, 5.74) is 3.06. The summed E-state index contributed by atoms with van der Waals surface area (Å²) in [5.74, 6) is 0.917. The van der Waals surface area contributed by atoms with Crippen molar-refractivity contribution in [2.45, 2.75) is 20.4 Å². The summed E-state index contributed by atoms with van der Waals surface area (Å²) in [6, 6.07) is 18.2. The number of halogens is 1. The summed E-state index contributed by atoms with van der Waals surface area (Å²) in [6.45, 7) is 9.93. The minimum atomic E-state index is -0.0350. The number of hydrogen-bond acceptors (Lipinski definition) is 3. The van der Waals surface area contributed by atoms with Crippen LogP contribution in [0.2, 0.25) is 0 Å². The Hall–Kier alpha value is -2.29. The van der Waals surface area contributed by atoms with E-state index >= 15 is 0 Å². The third-order valence-electron chi connectivity index (χ3n) is 5.00. The molecule has 7 heteroatoms. The van der Waals surface area contributed by atoms with Crippen LogP contribution in [-0.2, 0) is 6.54 Å². The molecule has 0 spiro atoms. The highest BCUT2D eigenvalue weighted by molar-refractivity contribution is 14.0. The van der Waals surface area contributed by atoms with E-state index in [0.29, 0.717) is 18.7 Å². The lowest BCUT2D eigenvalue weighted by Crippen LogP contribution is -2.52. The number of nitrogens with one attached hydrogen (secondary N) is 2. The van der Waals surface area contributed by atoms with Gasteiger partial charge < -0.3 is 20.4 Å². The van der Waals surface area contributed by atoms with Crippen LogP contribution in [-0.4, -0.2) is 56.0 Å². The number of anilines is 1. The van der Waals surface area contributed by atoms with Gasteiger partial charge in [0.2, 0.25) is 0 Å². The van der Waals surface area contributed by atoms with Crippen LogP contribution in [0.4, 0.5) is 5.69 Å². The van der Waals surface area contributed by atoms with E-state index < -0.39 is 0 Å². The number of carbonyl (C=O) groups excluding carboxylic acids is 1. The van der Waals surface area contributed by atoms with Gasteiger partial charge in [-0.15, -0.1) is 24.0 Å². The number of carbonyl (C=O) groups is 1. The SMILES string of the molecule is CCNC(=O)c1ccc(CN=C(NCC)N2CCN(c3ccccc3)CC2)cc1.I. The van der Waals surface area contributed by atoms with Crippen LogP contribution in [0.5, 0.6) is 0 Å². The molecule has 0 saturated carbocycles. The van der Waals surface area contributed by atoms with E-state index in [2.05, 4.69) is 57.7 Å². The first-order valence-electron chi connectivity index (χ1n) is 10.4. The topological polar surface area (TPSA) is 60.0 Å². The molecule has 0 bridgehead atoms. The summed E-state index contributed by atoms with van der Waals surface area (Å²) in [4.78, 5) is 21.5. The Labute approximate surface area is 196 Å². The van der Waals surface area contributed by atoms with Crippen LogP contribution in [0.15, 0.2) is 59.6 Å². The molecular formula is C23H32IN5O. The highest BCUT2D eigenvalue weighted by Crippen LogP contribution is 2.15. The van der Waals surface area contributed by atoms with E-state index in [1.54, 1.807) is 0 Å². The molecule has 0 unspecified atom stereocenters. The van der Waals surface area contributed by atoms with Gasteiger partial charge in [-0.1, -0.05) is 30.3 Å². The maximum Gasteiger partial charge on any atom is 0.251 e. The smallest absolute Gasteiger partial charge is 0.251 e. The summed E-state index contributed by atoms with van der Waals surface area (Å²) in [7, 11) is 0. The second kappa shape index (κ2) is 12.4. The predicted molar refractivity (Wildman–Crippen MR) is 135 cm³/mol. The molecule has 2 aromatic carbocycles. The minimum absolute atomic E-state index is 0. The van der Waals surface area contributed by atoms with Crippen molar-refractivity contribution in [3.05, 3.63) is 65.7 Å². The number of piperazine rings is 1. The fraction of sp³-hybridized carbons (Fsp3) is 0.391. The monoisotopic (exact) mass is 521 g/mol. The molecular weight excluding hydrogens is 489 g/mol. The Bertz CT molecular complexity index is 802. The third kappa shape index (κ3) is 6.62. The summed E-state index contributed by atoms with van der Waals surface area (Å²) in [5, 5.41) is 6.24. The van der Waals surface area contributed by atoms with Crippen molar-refractivity contribution >= 4 is 41.5 Å². The standard InChI is InChI=1S/C23H31N5O.HI/c1-3-24-22(29)20-12-10-19(11-13-20)18-26-23(25-4-2)28-16-14-27(15-17-28)21-8-6-5-7-9-21;/h5-13H,3-4,14-18H2,1-2H3,(H,24,29)(H,25,26);1H. The van der Waals surface area contributed by atoms with Gasteiger partial charge in [0, 0.05) is 50.5 Å². The molecule has 1 saturated heterocycles.